The van der Waals surface area contributed by atoms with E-state index in [1.54, 1.807) is 58.2 Å². The number of fused-ring (bicyclic) bond motifs is 5. The molecule has 105 heavy (non-hydrogen) atoms. The summed E-state index contributed by atoms with van der Waals surface area (Å²) in [6.45, 7) is 25.3. The number of amides is 3. The summed E-state index contributed by atoms with van der Waals surface area (Å²) in [5.41, 5.74) is 18.8. The van der Waals surface area contributed by atoms with E-state index in [2.05, 4.69) is 187 Å². The first kappa shape index (κ1) is 71.8. The van der Waals surface area contributed by atoms with Crippen molar-refractivity contribution >= 4 is 110 Å². The molecule has 0 spiro atoms. The number of hydrogen-bond donors (Lipinski definition) is 6. The van der Waals surface area contributed by atoms with Gasteiger partial charge in [0.05, 0.1) is 18.6 Å². The minimum Gasteiger partial charge on any atom is -0.437 e. The van der Waals surface area contributed by atoms with Crippen molar-refractivity contribution in [2.45, 2.75) is 92.2 Å². The van der Waals surface area contributed by atoms with Crippen LogP contribution in [0.4, 0.5) is 52.0 Å². The van der Waals surface area contributed by atoms with Gasteiger partial charge < -0.3 is 51.3 Å². The predicted octanol–water partition coefficient (Wildman–Crippen LogP) is 14.1. The Morgan fingerprint density at radius 2 is 0.895 bits per heavy atom. The van der Waals surface area contributed by atoms with Crippen LogP contribution in [0.2, 0.25) is 0 Å². The van der Waals surface area contributed by atoms with E-state index in [1.807, 2.05) is 60.7 Å². The van der Waals surface area contributed by atoms with Crippen LogP contribution in [0.15, 0.2) is 204 Å². The summed E-state index contributed by atoms with van der Waals surface area (Å²) in [6.07, 6.45) is 13.2. The average Bonchev–Trinajstić information content (AvgIpc) is 1.79. The molecule has 0 bridgehead atoms. The zero-order chi connectivity index (χ0) is 73.3. The van der Waals surface area contributed by atoms with E-state index in [4.69, 9.17) is 14.7 Å². The molecule has 6 N–H and O–H groups in total. The molecule has 0 atom stereocenters. The van der Waals surface area contributed by atoms with Crippen molar-refractivity contribution in [3.8, 4) is 11.6 Å². The number of aryl methyl sites for hydroxylation is 4. The Hall–Kier alpha value is -11.6. The van der Waals surface area contributed by atoms with Crippen molar-refractivity contribution in [2.24, 2.45) is 0 Å². The summed E-state index contributed by atoms with van der Waals surface area (Å²) in [4.78, 5) is 58.2. The maximum Gasteiger partial charge on any atom is 0.250 e. The number of aromatic nitrogens is 12. The Kier molecular flexibility index (Phi) is 22.1. The van der Waals surface area contributed by atoms with Gasteiger partial charge >= 0.3 is 0 Å². The number of likely N-dealkylation sites (tertiary alicyclic amines) is 1. The lowest BCUT2D eigenvalue weighted by Gasteiger charge is -2.30. The highest BCUT2D eigenvalue weighted by atomic mass is 32.2. The number of carbonyl (C=O) groups excluding carboxylic acids is 3. The van der Waals surface area contributed by atoms with Crippen molar-refractivity contribution in [1.29, 1.82) is 0 Å². The van der Waals surface area contributed by atoms with Crippen molar-refractivity contribution in [3.63, 3.8) is 0 Å². The van der Waals surface area contributed by atoms with Crippen LogP contribution < -0.4 is 36.6 Å². The average molecular weight is 1440 g/mol. The van der Waals surface area contributed by atoms with Crippen molar-refractivity contribution in [3.05, 3.63) is 234 Å². The molecule has 6 aromatic heterocycles. The van der Waals surface area contributed by atoms with Gasteiger partial charge in [0, 0.05) is 76.2 Å². The standard InChI is InChI=1S/C28H31N7OS.C25H25N7O2.C25H25N7OS/c1-5-26(36)30-21-7-6-8-22(17-21)37-27-25-9-12-29-35(25)33-28(32-27)31-24-16-18(2)23(15-19(24)3)20-10-13-34(4)14-11-20;2*1-4-23(33)27-19-6-5-7-20(14-19)34-24-22-8-10-26-32(22)30-25(29-24)28-21-13-17-9-11-31(3)15-18(17)12-16(21)2/h5-9,12,15-17,20H,1,10-11,13-14H2,2-4H3,(H,30,36)(H,31,33);2*4-8,10,12-14H,1,9,11,15H2,2-3H3,(H,27,33)(H,28,30). The van der Waals surface area contributed by atoms with Crippen LogP contribution in [0.3, 0.4) is 0 Å². The fourth-order valence-corrected chi connectivity index (χ4v) is 14.6. The molecule has 1 saturated heterocycles. The Morgan fingerprint density at radius 1 is 0.467 bits per heavy atom. The lowest BCUT2D eigenvalue weighted by molar-refractivity contribution is -0.112. The van der Waals surface area contributed by atoms with Gasteiger partial charge in [0.15, 0.2) is 0 Å². The maximum atomic E-state index is 11.7. The molecule has 25 nitrogen and oxygen atoms in total. The molecule has 3 amide bonds. The molecule has 12 aromatic rings. The van der Waals surface area contributed by atoms with Gasteiger partial charge in [-0.1, -0.05) is 79.7 Å². The van der Waals surface area contributed by atoms with Crippen LogP contribution in [0.25, 0.3) is 16.6 Å². The third-order valence-corrected chi connectivity index (χ3v) is 20.2. The third-order valence-electron chi connectivity index (χ3n) is 18.2. The number of carbonyl (C=O) groups is 3. The van der Waals surface area contributed by atoms with Crippen molar-refractivity contribution < 1.29 is 19.1 Å². The molecule has 1 fully saturated rings. The summed E-state index contributed by atoms with van der Waals surface area (Å²) in [5, 5.41) is 46.6. The van der Waals surface area contributed by atoms with Crippen LogP contribution in [-0.2, 0) is 40.3 Å². The van der Waals surface area contributed by atoms with E-state index in [0.29, 0.717) is 58.0 Å². The third kappa shape index (κ3) is 17.7. The molecular weight excluding hydrogens is 1360 g/mol. The Bertz CT molecular complexity index is 5060. The van der Waals surface area contributed by atoms with Crippen LogP contribution >= 0.6 is 23.5 Å². The van der Waals surface area contributed by atoms with Crippen LogP contribution in [0.5, 0.6) is 11.6 Å². The van der Waals surface area contributed by atoms with Crippen molar-refractivity contribution in [2.75, 3.05) is 79.2 Å². The molecule has 0 aliphatic carbocycles. The first-order valence-corrected chi connectivity index (χ1v) is 36.0. The Balaban J connectivity index is 0.000000140. The first-order valence-electron chi connectivity index (χ1n) is 34.4. The zero-order valence-corrected chi connectivity index (χ0v) is 61.1. The highest BCUT2D eigenvalue weighted by Crippen LogP contribution is 2.38. The number of anilines is 9. The smallest absolute Gasteiger partial charge is 0.250 e. The van der Waals surface area contributed by atoms with E-state index < -0.39 is 0 Å². The minimum absolute atomic E-state index is 0.249. The number of rotatable bonds is 19. The number of piperidine rings is 1. The molecule has 0 radical (unpaired) electrons. The summed E-state index contributed by atoms with van der Waals surface area (Å²) < 4.78 is 10.7. The Morgan fingerprint density at radius 3 is 1.38 bits per heavy atom. The van der Waals surface area contributed by atoms with Crippen LogP contribution in [-0.4, -0.2) is 139 Å². The van der Waals surface area contributed by atoms with E-state index in [-0.39, 0.29) is 17.7 Å². The molecule has 6 aromatic carbocycles. The molecule has 534 valence electrons. The molecule has 3 aliphatic rings. The molecule has 9 heterocycles. The molecule has 0 saturated carbocycles. The highest BCUT2D eigenvalue weighted by Gasteiger charge is 2.24. The minimum atomic E-state index is -0.295. The van der Waals surface area contributed by atoms with E-state index in [9.17, 15) is 14.4 Å². The number of nitrogens with zero attached hydrogens (tertiary/aromatic N) is 15. The van der Waals surface area contributed by atoms with Gasteiger partial charge in [-0.2, -0.15) is 20.3 Å². The summed E-state index contributed by atoms with van der Waals surface area (Å²) in [5.74, 6) is 2.01. The van der Waals surface area contributed by atoms with Gasteiger partial charge in [-0.25, -0.2) is 9.97 Å². The van der Waals surface area contributed by atoms with Gasteiger partial charge in [-0.05, 0) is 247 Å². The second-order valence-electron chi connectivity index (χ2n) is 26.1. The Labute approximate surface area is 616 Å². The quantitative estimate of drug-likeness (QED) is 0.0411. The number of benzene rings is 6. The van der Waals surface area contributed by atoms with E-state index in [0.717, 1.165) is 111 Å². The summed E-state index contributed by atoms with van der Waals surface area (Å²) in [6, 6.07) is 41.2. The molecule has 0 unspecified atom stereocenters. The zero-order valence-electron chi connectivity index (χ0n) is 59.5. The van der Waals surface area contributed by atoms with Gasteiger partial charge in [-0.15, -0.1) is 29.2 Å². The molecule has 27 heteroatoms. The van der Waals surface area contributed by atoms with Gasteiger partial charge in [-0.3, -0.25) is 14.4 Å². The lowest BCUT2D eigenvalue weighted by atomic mass is 9.86. The maximum absolute atomic E-state index is 11.7. The monoisotopic (exact) mass is 1440 g/mol. The molecule has 3 aliphatic heterocycles. The molecular formula is C78H81N21O4S2. The van der Waals surface area contributed by atoms with Gasteiger partial charge in [0.2, 0.25) is 29.6 Å². The SMILES string of the molecule is C=CC(=O)Nc1cccc(Oc2nc(Nc3cc4c(cc3C)CN(C)CC4)nn3nccc23)c1.C=CC(=O)Nc1cccc(Sc2nc(Nc3cc(C)c(C4CCN(C)CC4)cc3C)nn3nccc23)c1.C=CC(=O)Nc1cccc(Sc2nc(Nc3cc4c(cc3C)CN(C)CC4)nn3nccc23)c1. The van der Waals surface area contributed by atoms with Gasteiger partial charge in [0.1, 0.15) is 32.4 Å². The predicted molar refractivity (Wildman–Crippen MR) is 414 cm³/mol. The lowest BCUT2D eigenvalue weighted by Crippen LogP contribution is -2.29. The number of hydrogen-bond acceptors (Lipinski definition) is 21. The number of likely N-dealkylation sites (N-methyl/N-ethyl adjacent to an activating group) is 2. The fourth-order valence-electron chi connectivity index (χ4n) is 12.7. The van der Waals surface area contributed by atoms with E-state index >= 15 is 0 Å². The largest absolute Gasteiger partial charge is 0.437 e. The molecule has 15 rings (SSSR count). The van der Waals surface area contributed by atoms with E-state index in [1.165, 1.54) is 98.2 Å². The second-order valence-corrected chi connectivity index (χ2v) is 28.3. The summed E-state index contributed by atoms with van der Waals surface area (Å²) >= 11 is 2.98. The first-order chi connectivity index (χ1) is 50.8. The topological polar surface area (TPSA) is 272 Å². The van der Waals surface area contributed by atoms with Crippen LogP contribution in [0.1, 0.15) is 68.8 Å². The second kappa shape index (κ2) is 32.4. The number of ether oxygens (including phenoxy) is 1. The highest BCUT2D eigenvalue weighted by molar-refractivity contribution is 7.99. The van der Waals surface area contributed by atoms with Gasteiger partial charge in [0.25, 0.3) is 11.8 Å². The van der Waals surface area contributed by atoms with Crippen LogP contribution in [0, 0.1) is 27.7 Å². The number of nitrogens with one attached hydrogen (secondary N) is 6. The fraction of sp³-hybridized carbons (Fsp3) is 0.231. The normalized spacial score (nSPS) is 13.8. The summed E-state index contributed by atoms with van der Waals surface area (Å²) in [7, 11) is 6.49. The van der Waals surface area contributed by atoms with Crippen molar-refractivity contribution in [1.82, 2.24) is 74.1 Å².